The number of ether oxygens (including phenoxy) is 1. The van der Waals surface area contributed by atoms with Crippen LogP contribution in [0, 0.1) is 18.6 Å². The molecule has 1 aromatic heterocycles. The summed E-state index contributed by atoms with van der Waals surface area (Å²) in [7, 11) is 0. The summed E-state index contributed by atoms with van der Waals surface area (Å²) in [5.41, 5.74) is 1.01. The van der Waals surface area contributed by atoms with Gasteiger partial charge >= 0.3 is 0 Å². The van der Waals surface area contributed by atoms with Gasteiger partial charge in [-0.15, -0.1) is 0 Å². The summed E-state index contributed by atoms with van der Waals surface area (Å²) < 4.78 is 33.7. The van der Waals surface area contributed by atoms with E-state index in [-0.39, 0.29) is 36.1 Å². The Bertz CT molecular complexity index is 981. The average Bonchev–Trinajstić information content (AvgIpc) is 2.74. The number of rotatable bonds is 8. The van der Waals surface area contributed by atoms with E-state index in [4.69, 9.17) is 21.4 Å². The maximum absolute atomic E-state index is 13.7. The summed E-state index contributed by atoms with van der Waals surface area (Å²) in [5, 5.41) is 8.65. The molecule has 7 heteroatoms. The number of allylic oxidation sites excluding steroid dienone is 4. The van der Waals surface area contributed by atoms with Gasteiger partial charge in [0.05, 0.1) is 13.2 Å². The van der Waals surface area contributed by atoms with Gasteiger partial charge in [-0.3, -0.25) is 4.79 Å². The van der Waals surface area contributed by atoms with Gasteiger partial charge in [0.15, 0.2) is 0 Å². The minimum Gasteiger partial charge on any atom is -0.487 e. The van der Waals surface area contributed by atoms with Gasteiger partial charge in [-0.25, -0.2) is 8.78 Å². The molecule has 1 N–H and O–H groups in total. The largest absolute Gasteiger partial charge is 0.487 e. The molecule has 1 heterocycles. The predicted molar refractivity (Wildman–Crippen MR) is 117 cm³/mol. The van der Waals surface area contributed by atoms with E-state index in [9.17, 15) is 13.6 Å². The van der Waals surface area contributed by atoms with Crippen molar-refractivity contribution in [2.75, 3.05) is 6.61 Å². The normalized spacial score (nSPS) is 11.2. The molecule has 2 aromatic rings. The van der Waals surface area contributed by atoms with Crippen LogP contribution in [-0.4, -0.2) is 16.3 Å². The Balaban J connectivity index is 0.00000218. The number of aryl methyl sites for hydroxylation is 1. The topological polar surface area (TPSA) is 51.5 Å². The third kappa shape index (κ3) is 6.97. The Kier molecular flexibility index (Phi) is 10.8. The van der Waals surface area contributed by atoms with Crippen LogP contribution in [0.3, 0.4) is 0 Å². The zero-order valence-corrected chi connectivity index (χ0v) is 18.0. The third-order valence-corrected chi connectivity index (χ3v) is 4.32. The first-order chi connectivity index (χ1) is 14.4. The number of halogens is 3. The summed E-state index contributed by atoms with van der Waals surface area (Å²) in [4.78, 5) is 12.6. The van der Waals surface area contributed by atoms with Crippen LogP contribution in [0.2, 0.25) is 5.02 Å². The van der Waals surface area contributed by atoms with Crippen molar-refractivity contribution in [2.45, 2.75) is 33.9 Å². The van der Waals surface area contributed by atoms with Gasteiger partial charge in [-0.1, -0.05) is 56.3 Å². The molecule has 2 rings (SSSR count). The molecule has 0 aliphatic heterocycles. The monoisotopic (exact) mass is 437 g/mol. The highest BCUT2D eigenvalue weighted by molar-refractivity contribution is 6.31. The highest BCUT2D eigenvalue weighted by Crippen LogP contribution is 2.24. The first-order valence-corrected chi connectivity index (χ1v) is 9.80. The summed E-state index contributed by atoms with van der Waals surface area (Å²) >= 11 is 6.15. The molecule has 0 saturated heterocycles. The second kappa shape index (κ2) is 12.8. The zero-order chi connectivity index (χ0) is 22.7. The van der Waals surface area contributed by atoms with Crippen LogP contribution < -0.4 is 10.3 Å². The van der Waals surface area contributed by atoms with Gasteiger partial charge in [-0.05, 0) is 24.6 Å². The number of aromatic nitrogens is 1. The molecule has 1 aromatic carbocycles. The number of hydrogen-bond donors (Lipinski definition) is 1. The van der Waals surface area contributed by atoms with E-state index in [0.717, 1.165) is 17.7 Å². The predicted octanol–water partition coefficient (Wildman–Crippen LogP) is 5.35. The third-order valence-electron chi connectivity index (χ3n) is 3.97. The van der Waals surface area contributed by atoms with Crippen LogP contribution in [0.1, 0.15) is 25.1 Å². The number of aliphatic hydroxyl groups is 1. The smallest absolute Gasteiger partial charge is 0.273 e. The fraction of sp³-hybridized carbons (Fsp3) is 0.261. The van der Waals surface area contributed by atoms with Crippen LogP contribution in [-0.2, 0) is 13.2 Å². The van der Waals surface area contributed by atoms with Crippen molar-refractivity contribution in [1.82, 2.24) is 4.57 Å². The molecule has 0 aliphatic rings. The quantitative estimate of drug-likeness (QED) is 0.566. The lowest BCUT2D eigenvalue weighted by molar-refractivity contribution is 0.298. The van der Waals surface area contributed by atoms with E-state index in [1.807, 2.05) is 13.8 Å². The maximum atomic E-state index is 13.7. The molecule has 0 saturated carbocycles. The van der Waals surface area contributed by atoms with Crippen LogP contribution in [0.5, 0.6) is 5.75 Å². The van der Waals surface area contributed by atoms with Gasteiger partial charge < -0.3 is 14.4 Å². The number of aliphatic hydroxyl groups excluding tert-OH is 1. The highest BCUT2D eigenvalue weighted by atomic mass is 35.5. The summed E-state index contributed by atoms with van der Waals surface area (Å²) in [6.07, 6.45) is 6.54. The number of nitrogens with zero attached hydrogens (tertiary/aromatic N) is 1. The summed E-state index contributed by atoms with van der Waals surface area (Å²) in [5.74, 6) is -1.30. The minimum absolute atomic E-state index is 0.0909. The fourth-order valence-electron chi connectivity index (χ4n) is 2.43. The minimum atomic E-state index is -0.738. The first-order valence-electron chi connectivity index (χ1n) is 9.43. The van der Waals surface area contributed by atoms with E-state index in [1.54, 1.807) is 37.3 Å². The number of hydrogen-bond acceptors (Lipinski definition) is 3. The lowest BCUT2D eigenvalue weighted by Gasteiger charge is -2.15. The Morgan fingerprint density at radius 3 is 2.60 bits per heavy atom. The molecule has 4 nitrogen and oxygen atoms in total. The molecular formula is C23H26ClF2NO3. The van der Waals surface area contributed by atoms with Crippen molar-refractivity contribution >= 4 is 11.6 Å². The second-order valence-electron chi connectivity index (χ2n) is 5.94. The molecule has 162 valence electrons. The Morgan fingerprint density at radius 1 is 1.30 bits per heavy atom. The van der Waals surface area contributed by atoms with Crippen molar-refractivity contribution in [3.8, 4) is 5.75 Å². The average molecular weight is 438 g/mol. The molecule has 0 radical (unpaired) electrons. The van der Waals surface area contributed by atoms with E-state index in [0.29, 0.717) is 5.69 Å². The second-order valence-corrected chi connectivity index (χ2v) is 6.31. The molecule has 0 fully saturated rings. The SMILES string of the molecule is C=C/C(=C\C=C\CO)Cn1c(C)cc(OCc2ccc(F)cc2F)c(Cl)c1=O.CC. The maximum Gasteiger partial charge on any atom is 0.273 e. The van der Waals surface area contributed by atoms with Crippen molar-refractivity contribution in [3.63, 3.8) is 0 Å². The summed E-state index contributed by atoms with van der Waals surface area (Å²) in [6.45, 7) is 9.37. The molecular weight excluding hydrogens is 412 g/mol. The van der Waals surface area contributed by atoms with Gasteiger partial charge in [0.25, 0.3) is 5.56 Å². The molecule has 0 atom stereocenters. The van der Waals surface area contributed by atoms with Gasteiger partial charge in [-0.2, -0.15) is 0 Å². The van der Waals surface area contributed by atoms with E-state index in [1.165, 1.54) is 10.6 Å². The fourth-order valence-corrected chi connectivity index (χ4v) is 2.64. The number of pyridine rings is 1. The van der Waals surface area contributed by atoms with E-state index in [2.05, 4.69) is 6.58 Å². The van der Waals surface area contributed by atoms with Crippen molar-refractivity contribution in [3.05, 3.63) is 99.0 Å². The lowest BCUT2D eigenvalue weighted by atomic mass is 10.2. The molecule has 0 spiro atoms. The van der Waals surface area contributed by atoms with Crippen molar-refractivity contribution in [2.24, 2.45) is 0 Å². The van der Waals surface area contributed by atoms with E-state index >= 15 is 0 Å². The summed E-state index contributed by atoms with van der Waals surface area (Å²) in [6, 6.07) is 4.74. The molecule has 30 heavy (non-hydrogen) atoms. The van der Waals surface area contributed by atoms with Gasteiger partial charge in [0.2, 0.25) is 0 Å². The van der Waals surface area contributed by atoms with Crippen molar-refractivity contribution in [1.29, 1.82) is 0 Å². The Morgan fingerprint density at radius 2 is 2.00 bits per heavy atom. The lowest BCUT2D eigenvalue weighted by Crippen LogP contribution is -2.24. The highest BCUT2D eigenvalue weighted by Gasteiger charge is 2.14. The van der Waals surface area contributed by atoms with Gasteiger partial charge in [0, 0.05) is 23.4 Å². The van der Waals surface area contributed by atoms with Crippen molar-refractivity contribution < 1.29 is 18.6 Å². The van der Waals surface area contributed by atoms with Crippen LogP contribution in [0.15, 0.2) is 65.5 Å². The molecule has 0 aliphatic carbocycles. The molecule has 0 amide bonds. The number of benzene rings is 1. The van der Waals surface area contributed by atoms with Gasteiger partial charge in [0.1, 0.15) is 29.0 Å². The molecule has 0 bridgehead atoms. The first kappa shape index (κ1) is 25.3. The van der Waals surface area contributed by atoms with E-state index < -0.39 is 17.2 Å². The molecule has 0 unspecified atom stereocenters. The standard InChI is InChI=1S/C21H20ClF2NO3.C2H6/c1-3-15(6-4-5-9-26)12-25-14(2)10-19(20(22)21(25)27)28-13-16-7-8-17(23)11-18(16)24;1-2/h3-8,10-11,26H,1,9,12-13H2,2H3;1-2H3/b5-4+,15-6+;. The van der Waals surface area contributed by atoms with Crippen LogP contribution in [0.25, 0.3) is 0 Å². The van der Waals surface area contributed by atoms with Crippen LogP contribution in [0.4, 0.5) is 8.78 Å². The Labute approximate surface area is 180 Å². The zero-order valence-electron chi connectivity index (χ0n) is 17.3. The Hall–Kier alpha value is -2.70. The van der Waals surface area contributed by atoms with Crippen LogP contribution >= 0.6 is 11.6 Å².